The Morgan fingerprint density at radius 2 is 1.88 bits per heavy atom. The van der Waals surface area contributed by atoms with Crippen LogP contribution in [-0.4, -0.2) is 53.6 Å². The van der Waals surface area contributed by atoms with Crippen LogP contribution in [0, 0.1) is 0 Å². The number of nitrogens with zero attached hydrogens (tertiary/aromatic N) is 2. The van der Waals surface area contributed by atoms with Gasteiger partial charge in [-0.3, -0.25) is 9.59 Å². The van der Waals surface area contributed by atoms with Crippen LogP contribution in [0.4, 0.5) is 4.39 Å². The molecule has 0 spiro atoms. The van der Waals surface area contributed by atoms with E-state index in [2.05, 4.69) is 20.5 Å². The van der Waals surface area contributed by atoms with Crippen LogP contribution in [0.25, 0.3) is 22.6 Å². The lowest BCUT2D eigenvalue weighted by atomic mass is 9.96. The van der Waals surface area contributed by atoms with Crippen molar-refractivity contribution in [3.8, 4) is 39.8 Å². The summed E-state index contributed by atoms with van der Waals surface area (Å²) in [6, 6.07) is 5.17. The van der Waals surface area contributed by atoms with E-state index in [1.54, 1.807) is 18.2 Å². The van der Waals surface area contributed by atoms with Crippen molar-refractivity contribution in [3.05, 3.63) is 40.1 Å². The van der Waals surface area contributed by atoms with Crippen molar-refractivity contribution < 1.29 is 28.2 Å². The SMILES string of the molecule is CCCCc1[nH]c(=O)c(-c2nnc(CC(=O)NCCF)o2)c(O)c1-c1c(OC)cccc1OC. The summed E-state index contributed by atoms with van der Waals surface area (Å²) in [4.78, 5) is 27.6. The highest BCUT2D eigenvalue weighted by Crippen LogP contribution is 2.46. The first-order valence-corrected chi connectivity index (χ1v) is 10.8. The average molecular weight is 474 g/mol. The summed E-state index contributed by atoms with van der Waals surface area (Å²) in [5, 5.41) is 21.3. The van der Waals surface area contributed by atoms with Gasteiger partial charge in [0.05, 0.1) is 25.3 Å². The minimum absolute atomic E-state index is 0.0864. The van der Waals surface area contributed by atoms with Crippen molar-refractivity contribution in [3.63, 3.8) is 0 Å². The molecule has 2 heterocycles. The van der Waals surface area contributed by atoms with Crippen LogP contribution < -0.4 is 20.3 Å². The highest BCUT2D eigenvalue weighted by atomic mass is 19.1. The zero-order valence-electron chi connectivity index (χ0n) is 19.2. The maximum Gasteiger partial charge on any atom is 0.264 e. The predicted octanol–water partition coefficient (Wildman–Crippen LogP) is 2.79. The quantitative estimate of drug-likeness (QED) is 0.385. The number of alkyl halides is 1. The van der Waals surface area contributed by atoms with Crippen molar-refractivity contribution in [2.45, 2.75) is 32.6 Å². The maximum absolute atomic E-state index is 13.0. The van der Waals surface area contributed by atoms with Gasteiger partial charge in [-0.05, 0) is 25.0 Å². The van der Waals surface area contributed by atoms with Crippen LogP contribution in [0.2, 0.25) is 0 Å². The number of hydrogen-bond donors (Lipinski definition) is 3. The molecule has 0 aliphatic carbocycles. The van der Waals surface area contributed by atoms with E-state index in [-0.39, 0.29) is 36.1 Å². The first-order valence-electron chi connectivity index (χ1n) is 10.8. The molecule has 0 saturated carbocycles. The number of carbonyl (C=O) groups excluding carboxylic acids is 1. The van der Waals surface area contributed by atoms with Crippen molar-refractivity contribution in [2.24, 2.45) is 0 Å². The van der Waals surface area contributed by atoms with E-state index in [4.69, 9.17) is 13.9 Å². The van der Waals surface area contributed by atoms with Crippen LogP contribution >= 0.6 is 0 Å². The fourth-order valence-corrected chi connectivity index (χ4v) is 3.56. The molecular formula is C23H27FN4O6. The molecule has 2 aromatic heterocycles. The van der Waals surface area contributed by atoms with Gasteiger partial charge in [-0.2, -0.15) is 0 Å². The number of hydrogen-bond acceptors (Lipinski definition) is 8. The van der Waals surface area contributed by atoms with Gasteiger partial charge in [-0.1, -0.05) is 19.4 Å². The number of aryl methyl sites for hydroxylation is 1. The number of aromatic hydroxyl groups is 1. The number of aromatic amines is 1. The lowest BCUT2D eigenvalue weighted by Gasteiger charge is -2.18. The second-order valence-electron chi connectivity index (χ2n) is 7.39. The van der Waals surface area contributed by atoms with Gasteiger partial charge in [0.1, 0.15) is 35.9 Å². The third-order valence-electron chi connectivity index (χ3n) is 5.13. The fraction of sp³-hybridized carbons (Fsp3) is 0.391. The highest BCUT2D eigenvalue weighted by Gasteiger charge is 2.27. The number of carbonyl (C=O) groups is 1. The standard InChI is InChI=1S/C23H27FN4O6/c1-4-5-7-13-18(19-14(32-2)8-6-9-15(19)33-3)21(30)20(22(31)26-13)23-28-27-17(34-23)12-16(29)25-11-10-24/h6,8-9H,4-5,7,10-12H2,1-3H3,(H,25,29)(H2,26,30,31). The Bertz CT molecular complexity index is 1180. The monoisotopic (exact) mass is 474 g/mol. The third-order valence-corrected chi connectivity index (χ3v) is 5.13. The summed E-state index contributed by atoms with van der Waals surface area (Å²) >= 11 is 0. The molecule has 0 unspecified atom stereocenters. The number of amides is 1. The summed E-state index contributed by atoms with van der Waals surface area (Å²) in [5.74, 6) is -0.377. The summed E-state index contributed by atoms with van der Waals surface area (Å²) in [6.07, 6.45) is 1.82. The number of methoxy groups -OCH3 is 2. The Morgan fingerprint density at radius 1 is 1.18 bits per heavy atom. The minimum Gasteiger partial charge on any atom is -0.506 e. The number of benzene rings is 1. The molecule has 0 aliphatic heterocycles. The van der Waals surface area contributed by atoms with Crippen molar-refractivity contribution in [2.75, 3.05) is 27.4 Å². The summed E-state index contributed by atoms with van der Waals surface area (Å²) in [6.45, 7) is 1.17. The first kappa shape index (κ1) is 24.7. The third kappa shape index (κ3) is 5.19. The number of ether oxygens (including phenoxy) is 2. The van der Waals surface area contributed by atoms with E-state index in [0.717, 1.165) is 12.8 Å². The molecule has 0 saturated heterocycles. The molecule has 0 atom stereocenters. The van der Waals surface area contributed by atoms with Crippen LogP contribution in [0.5, 0.6) is 17.2 Å². The zero-order chi connectivity index (χ0) is 24.7. The van der Waals surface area contributed by atoms with E-state index in [9.17, 15) is 19.1 Å². The first-order chi connectivity index (χ1) is 16.4. The predicted molar refractivity (Wildman–Crippen MR) is 122 cm³/mol. The van der Waals surface area contributed by atoms with E-state index in [1.807, 2.05) is 6.92 Å². The maximum atomic E-state index is 13.0. The van der Waals surface area contributed by atoms with Gasteiger partial charge in [0.2, 0.25) is 11.8 Å². The van der Waals surface area contributed by atoms with Crippen molar-refractivity contribution >= 4 is 5.91 Å². The molecule has 3 N–H and O–H groups in total. The van der Waals surface area contributed by atoms with Crippen molar-refractivity contribution in [1.82, 2.24) is 20.5 Å². The Hall–Kier alpha value is -3.89. The number of rotatable bonds is 11. The molecule has 182 valence electrons. The Kier molecular flexibility index (Phi) is 8.23. The van der Waals surface area contributed by atoms with Crippen LogP contribution in [0.15, 0.2) is 27.4 Å². The lowest BCUT2D eigenvalue weighted by Crippen LogP contribution is -2.27. The topological polar surface area (TPSA) is 140 Å². The van der Waals surface area contributed by atoms with Crippen molar-refractivity contribution in [1.29, 1.82) is 0 Å². The number of aromatic nitrogens is 3. The lowest BCUT2D eigenvalue weighted by molar-refractivity contribution is -0.120. The molecule has 0 aliphatic rings. The molecule has 10 nitrogen and oxygen atoms in total. The van der Waals surface area contributed by atoms with Crippen LogP contribution in [-0.2, 0) is 17.6 Å². The molecule has 34 heavy (non-hydrogen) atoms. The van der Waals surface area contributed by atoms with E-state index < -0.39 is 18.1 Å². The largest absolute Gasteiger partial charge is 0.506 e. The van der Waals surface area contributed by atoms with E-state index >= 15 is 0 Å². The molecule has 0 bridgehead atoms. The molecular weight excluding hydrogens is 447 g/mol. The number of nitrogens with one attached hydrogen (secondary N) is 2. The summed E-state index contributed by atoms with van der Waals surface area (Å²) in [7, 11) is 2.98. The van der Waals surface area contributed by atoms with Gasteiger partial charge < -0.3 is 29.3 Å². The van der Waals surface area contributed by atoms with Gasteiger partial charge in [0.25, 0.3) is 11.4 Å². The molecule has 3 aromatic rings. The highest BCUT2D eigenvalue weighted by molar-refractivity contribution is 5.87. The number of pyridine rings is 1. The van der Waals surface area contributed by atoms with Gasteiger partial charge in [0, 0.05) is 12.2 Å². The molecule has 0 radical (unpaired) electrons. The van der Waals surface area contributed by atoms with Crippen LogP contribution in [0.3, 0.4) is 0 Å². The molecule has 0 fully saturated rings. The Morgan fingerprint density at radius 3 is 2.50 bits per heavy atom. The second kappa shape index (κ2) is 11.3. The summed E-state index contributed by atoms with van der Waals surface area (Å²) in [5.41, 5.74) is 0.405. The molecule has 11 heteroatoms. The second-order valence-corrected chi connectivity index (χ2v) is 7.39. The normalized spacial score (nSPS) is 10.8. The van der Waals surface area contributed by atoms with Gasteiger partial charge in [0.15, 0.2) is 0 Å². The summed E-state index contributed by atoms with van der Waals surface area (Å²) < 4.78 is 28.8. The fourth-order valence-electron chi connectivity index (χ4n) is 3.56. The zero-order valence-corrected chi connectivity index (χ0v) is 19.2. The van der Waals surface area contributed by atoms with Crippen LogP contribution in [0.1, 0.15) is 31.4 Å². The average Bonchev–Trinajstić information content (AvgIpc) is 3.28. The van der Waals surface area contributed by atoms with Gasteiger partial charge in [-0.25, -0.2) is 4.39 Å². The molecule has 1 aromatic carbocycles. The van der Waals surface area contributed by atoms with Gasteiger partial charge >= 0.3 is 0 Å². The number of H-pyrrole nitrogens is 1. The molecule has 1 amide bonds. The van der Waals surface area contributed by atoms with Gasteiger partial charge in [-0.15, -0.1) is 10.2 Å². The number of unbranched alkanes of at least 4 members (excludes halogenated alkanes) is 1. The Labute approximate surface area is 195 Å². The molecule has 3 rings (SSSR count). The number of halogens is 1. The minimum atomic E-state index is -0.705. The smallest absolute Gasteiger partial charge is 0.264 e. The Balaban J connectivity index is 2.16. The van der Waals surface area contributed by atoms with E-state index in [0.29, 0.717) is 34.7 Å². The van der Waals surface area contributed by atoms with E-state index in [1.165, 1.54) is 14.2 Å².